The Kier molecular flexibility index (Phi) is 5.45. The zero-order chi connectivity index (χ0) is 26.7. The highest BCUT2D eigenvalue weighted by atomic mass is 16.2. The normalized spacial score (nSPS) is 18.5. The molecule has 198 valence electrons. The summed E-state index contributed by atoms with van der Waals surface area (Å²) in [6, 6.07) is 16.0. The number of hydrogen-bond donors (Lipinski definition) is 2. The Morgan fingerprint density at radius 1 is 0.974 bits per heavy atom. The van der Waals surface area contributed by atoms with Gasteiger partial charge in [-0.3, -0.25) is 9.59 Å². The van der Waals surface area contributed by atoms with Gasteiger partial charge in [-0.1, -0.05) is 18.2 Å². The monoisotopic (exact) mass is 521 g/mol. The topological polar surface area (TPSA) is 123 Å². The second-order valence-electron chi connectivity index (χ2n) is 11.1. The quantitative estimate of drug-likeness (QED) is 0.401. The molecule has 39 heavy (non-hydrogen) atoms. The number of nitrogen functional groups attached to an aromatic ring is 1. The van der Waals surface area contributed by atoms with E-state index in [0.717, 1.165) is 23.0 Å². The van der Waals surface area contributed by atoms with Crippen molar-refractivity contribution in [2.75, 3.05) is 36.8 Å². The lowest BCUT2D eigenvalue weighted by Gasteiger charge is -2.29. The summed E-state index contributed by atoms with van der Waals surface area (Å²) in [5.41, 5.74) is 15.9. The number of anilines is 2. The van der Waals surface area contributed by atoms with Crippen molar-refractivity contribution >= 4 is 34.1 Å². The fourth-order valence-corrected chi connectivity index (χ4v) is 6.35. The van der Waals surface area contributed by atoms with Crippen molar-refractivity contribution in [1.29, 1.82) is 0 Å². The average Bonchev–Trinajstić information content (AvgIpc) is 3.34. The van der Waals surface area contributed by atoms with Gasteiger partial charge in [-0.25, -0.2) is 9.67 Å². The Hall–Kier alpha value is -4.24. The van der Waals surface area contributed by atoms with Gasteiger partial charge < -0.3 is 21.3 Å². The molecule has 2 aliphatic heterocycles. The van der Waals surface area contributed by atoms with Crippen LogP contribution in [-0.2, 0) is 11.8 Å². The average molecular weight is 522 g/mol. The highest BCUT2D eigenvalue weighted by molar-refractivity contribution is 6.09. The number of carbonyl (C=O) groups excluding carboxylic acids is 2. The van der Waals surface area contributed by atoms with E-state index in [-0.39, 0.29) is 17.0 Å². The molecule has 1 saturated carbocycles. The molecule has 0 unspecified atom stereocenters. The van der Waals surface area contributed by atoms with Gasteiger partial charge in [0.15, 0.2) is 5.69 Å². The van der Waals surface area contributed by atoms with E-state index in [4.69, 9.17) is 11.5 Å². The van der Waals surface area contributed by atoms with Gasteiger partial charge in [0.05, 0.1) is 5.69 Å². The van der Waals surface area contributed by atoms with Crippen molar-refractivity contribution in [2.45, 2.75) is 37.5 Å². The molecule has 0 radical (unpaired) electrons. The number of carbonyl (C=O) groups is 2. The third-order valence-corrected chi connectivity index (χ3v) is 8.65. The minimum Gasteiger partial charge on any atom is -0.383 e. The number of likely N-dealkylation sites (tertiary alicyclic amines) is 1. The molecule has 4 N–H and O–H groups in total. The van der Waals surface area contributed by atoms with Gasteiger partial charge in [0.2, 0.25) is 0 Å². The number of amides is 2. The Balaban J connectivity index is 1.23. The van der Waals surface area contributed by atoms with Gasteiger partial charge >= 0.3 is 0 Å². The Morgan fingerprint density at radius 3 is 2.44 bits per heavy atom. The van der Waals surface area contributed by atoms with Crippen molar-refractivity contribution in [3.8, 4) is 5.69 Å². The van der Waals surface area contributed by atoms with Gasteiger partial charge in [0.25, 0.3) is 11.8 Å². The largest absolute Gasteiger partial charge is 0.383 e. The van der Waals surface area contributed by atoms with Crippen LogP contribution in [0.2, 0.25) is 0 Å². The summed E-state index contributed by atoms with van der Waals surface area (Å²) in [4.78, 5) is 34.8. The maximum absolute atomic E-state index is 14.0. The molecule has 4 aromatic rings. The summed E-state index contributed by atoms with van der Waals surface area (Å²) in [6.07, 6.45) is 7.17. The van der Waals surface area contributed by atoms with Crippen molar-refractivity contribution in [3.05, 3.63) is 77.2 Å². The SMILES string of the molecule is NC(=O)c1nn(-c2ccc3ccnc(N)c3c2)c2c1CCN(c1ccc(C3(CN4CCCC4)CC3)cc1)C2=O. The number of primary amides is 1. The lowest BCUT2D eigenvalue weighted by atomic mass is 9.94. The van der Waals surface area contributed by atoms with Crippen LogP contribution in [0, 0.1) is 0 Å². The molecule has 0 spiro atoms. The molecular formula is C30H31N7O2. The van der Waals surface area contributed by atoms with E-state index < -0.39 is 5.91 Å². The first-order valence-electron chi connectivity index (χ1n) is 13.6. The molecule has 7 rings (SSSR count). The first-order chi connectivity index (χ1) is 18.9. The highest BCUT2D eigenvalue weighted by Crippen LogP contribution is 2.49. The smallest absolute Gasteiger partial charge is 0.277 e. The van der Waals surface area contributed by atoms with Crippen LogP contribution in [-0.4, -0.2) is 57.7 Å². The molecule has 0 atom stereocenters. The molecular weight excluding hydrogens is 490 g/mol. The third kappa shape index (κ3) is 3.96. The first kappa shape index (κ1) is 23.8. The van der Waals surface area contributed by atoms with E-state index in [1.54, 1.807) is 11.1 Å². The summed E-state index contributed by atoms with van der Waals surface area (Å²) >= 11 is 0. The van der Waals surface area contributed by atoms with Gasteiger partial charge in [-0.05, 0) is 86.5 Å². The standard InChI is InChI=1S/C30H31N7O2/c31-27-24-17-22(6-3-19(24)9-13-33-27)37-26-23(25(34-37)28(32)38)10-16-36(29(26)39)21-7-4-20(5-8-21)30(11-12-30)18-35-14-1-2-15-35/h3-9,13,17H,1-2,10-12,14-16,18H2,(H2,31,33)(H2,32,38). The Labute approximate surface area is 226 Å². The second-order valence-corrected chi connectivity index (χ2v) is 11.1. The molecule has 2 amide bonds. The molecule has 2 fully saturated rings. The Bertz CT molecular complexity index is 1610. The second kappa shape index (κ2) is 8.91. The van der Waals surface area contributed by atoms with Crippen molar-refractivity contribution in [1.82, 2.24) is 19.7 Å². The summed E-state index contributed by atoms with van der Waals surface area (Å²) < 4.78 is 1.53. The molecule has 0 bridgehead atoms. The molecule has 4 heterocycles. The fraction of sp³-hybridized carbons (Fsp3) is 0.333. The van der Waals surface area contributed by atoms with Gasteiger partial charge in [0, 0.05) is 41.3 Å². The lowest BCUT2D eigenvalue weighted by Crippen LogP contribution is -2.39. The van der Waals surface area contributed by atoms with Crippen molar-refractivity contribution in [2.24, 2.45) is 5.73 Å². The number of hydrogen-bond acceptors (Lipinski definition) is 6. The molecule has 2 aromatic heterocycles. The van der Waals surface area contributed by atoms with Gasteiger partial charge in [-0.2, -0.15) is 5.10 Å². The lowest BCUT2D eigenvalue weighted by molar-refractivity contribution is 0.0972. The third-order valence-electron chi connectivity index (χ3n) is 8.65. The number of nitrogens with zero attached hydrogens (tertiary/aromatic N) is 5. The van der Waals surface area contributed by atoms with Crippen molar-refractivity contribution in [3.63, 3.8) is 0 Å². The van der Waals surface area contributed by atoms with E-state index in [1.165, 1.54) is 49.0 Å². The van der Waals surface area contributed by atoms with Crippen LogP contribution in [0.25, 0.3) is 16.5 Å². The van der Waals surface area contributed by atoms with Crippen LogP contribution in [0.15, 0.2) is 54.7 Å². The molecule has 3 aliphatic rings. The summed E-state index contributed by atoms with van der Waals surface area (Å²) in [6.45, 7) is 3.97. The zero-order valence-corrected chi connectivity index (χ0v) is 21.8. The van der Waals surface area contributed by atoms with Crippen molar-refractivity contribution < 1.29 is 9.59 Å². The van der Waals surface area contributed by atoms with E-state index in [0.29, 0.717) is 35.7 Å². The predicted octanol–water partition coefficient (Wildman–Crippen LogP) is 3.43. The van der Waals surface area contributed by atoms with E-state index in [9.17, 15) is 9.59 Å². The minimum absolute atomic E-state index is 0.130. The van der Waals surface area contributed by atoms with Crippen LogP contribution in [0.1, 0.15) is 57.8 Å². The molecule has 9 heteroatoms. The summed E-state index contributed by atoms with van der Waals surface area (Å²) in [5, 5.41) is 6.18. The maximum atomic E-state index is 14.0. The summed E-state index contributed by atoms with van der Waals surface area (Å²) in [5.74, 6) is -0.469. The molecule has 1 aliphatic carbocycles. The van der Waals surface area contributed by atoms with E-state index in [1.807, 2.05) is 24.3 Å². The number of pyridine rings is 1. The number of nitrogens with two attached hydrogens (primary N) is 2. The predicted molar refractivity (Wildman–Crippen MR) is 150 cm³/mol. The summed E-state index contributed by atoms with van der Waals surface area (Å²) in [7, 11) is 0. The number of fused-ring (bicyclic) bond motifs is 2. The molecule has 1 saturated heterocycles. The van der Waals surface area contributed by atoms with Crippen LogP contribution in [0.4, 0.5) is 11.5 Å². The van der Waals surface area contributed by atoms with E-state index >= 15 is 0 Å². The number of benzene rings is 2. The minimum atomic E-state index is -0.648. The van der Waals surface area contributed by atoms with Crippen LogP contribution >= 0.6 is 0 Å². The Morgan fingerprint density at radius 2 is 1.72 bits per heavy atom. The number of aromatic nitrogens is 3. The number of rotatable bonds is 6. The first-order valence-corrected chi connectivity index (χ1v) is 13.6. The van der Waals surface area contributed by atoms with E-state index in [2.05, 4.69) is 39.2 Å². The van der Waals surface area contributed by atoms with Crippen LogP contribution in [0.3, 0.4) is 0 Å². The maximum Gasteiger partial charge on any atom is 0.277 e. The fourth-order valence-electron chi connectivity index (χ4n) is 6.35. The zero-order valence-electron chi connectivity index (χ0n) is 21.8. The van der Waals surface area contributed by atoms with Crippen LogP contribution in [0.5, 0.6) is 0 Å². The highest BCUT2D eigenvalue weighted by Gasteiger charge is 2.45. The van der Waals surface area contributed by atoms with Crippen LogP contribution < -0.4 is 16.4 Å². The van der Waals surface area contributed by atoms with Gasteiger partial charge in [0.1, 0.15) is 11.5 Å². The molecule has 9 nitrogen and oxygen atoms in total. The molecule has 2 aromatic carbocycles. The van der Waals surface area contributed by atoms with Gasteiger partial charge in [-0.15, -0.1) is 0 Å².